The van der Waals surface area contributed by atoms with Crippen LogP contribution in [0.4, 0.5) is 5.82 Å². The Kier molecular flexibility index (Phi) is 5.14. The summed E-state index contributed by atoms with van der Waals surface area (Å²) in [5.74, 6) is 0.613. The van der Waals surface area contributed by atoms with Crippen molar-refractivity contribution in [1.29, 1.82) is 5.41 Å². The molecule has 2 heterocycles. The fraction of sp³-hybridized carbons (Fsp3) is 0.389. The Morgan fingerprint density at radius 1 is 1.32 bits per heavy atom. The van der Waals surface area contributed by atoms with Crippen molar-refractivity contribution >= 4 is 33.5 Å². The average Bonchev–Trinajstić information content (AvgIpc) is 2.98. The molecule has 3 aromatic rings. The number of nitrogen functional groups attached to an aromatic ring is 1. The van der Waals surface area contributed by atoms with E-state index in [2.05, 4.69) is 18.0 Å². The van der Waals surface area contributed by atoms with Crippen molar-refractivity contribution in [3.8, 4) is 0 Å². The van der Waals surface area contributed by atoms with Gasteiger partial charge in [0.05, 0.1) is 5.52 Å². The van der Waals surface area contributed by atoms with E-state index in [1.165, 1.54) is 5.69 Å². The second kappa shape index (κ2) is 7.48. The number of benzene rings is 1. The maximum atomic E-state index is 8.71. The lowest BCUT2D eigenvalue weighted by molar-refractivity contribution is 0.230. The van der Waals surface area contributed by atoms with Gasteiger partial charge in [-0.05, 0) is 31.7 Å². The number of hydroxylamine groups is 1. The molecule has 0 amide bonds. The Labute approximate surface area is 146 Å². The van der Waals surface area contributed by atoms with Crippen LogP contribution in [-0.2, 0) is 13.0 Å². The summed E-state index contributed by atoms with van der Waals surface area (Å²) < 4.78 is 2.05. The highest BCUT2D eigenvalue weighted by Gasteiger charge is 2.17. The van der Waals surface area contributed by atoms with Gasteiger partial charge < -0.3 is 5.73 Å². The monoisotopic (exact) mass is 340 g/mol. The van der Waals surface area contributed by atoms with E-state index in [0.29, 0.717) is 12.2 Å². The summed E-state index contributed by atoms with van der Waals surface area (Å²) in [7, 11) is 0. The second-order valence-corrected chi connectivity index (χ2v) is 6.21. The van der Waals surface area contributed by atoms with Crippen molar-refractivity contribution in [2.45, 2.75) is 45.6 Å². The number of amidine groups is 1. The minimum absolute atomic E-state index is 0.144. The molecule has 5 N–H and O–H groups in total. The van der Waals surface area contributed by atoms with Crippen LogP contribution in [0.3, 0.4) is 0 Å². The molecule has 1 aromatic carbocycles. The van der Waals surface area contributed by atoms with E-state index in [0.717, 1.165) is 54.0 Å². The Bertz CT molecular complexity index is 901. The van der Waals surface area contributed by atoms with Gasteiger partial charge >= 0.3 is 0 Å². The molecule has 0 aliphatic rings. The van der Waals surface area contributed by atoms with Gasteiger partial charge in [-0.25, -0.2) is 4.98 Å². The minimum atomic E-state index is 0.144. The van der Waals surface area contributed by atoms with Gasteiger partial charge in [0.25, 0.3) is 0 Å². The Morgan fingerprint density at radius 2 is 2.12 bits per heavy atom. The number of anilines is 1. The molecule has 0 unspecified atom stereocenters. The third-order valence-electron chi connectivity index (χ3n) is 4.38. The number of nitrogens with zero attached hydrogens (tertiary/aromatic N) is 3. The van der Waals surface area contributed by atoms with Crippen LogP contribution in [0.1, 0.15) is 38.3 Å². The normalized spacial score (nSPS) is 11.3. The van der Waals surface area contributed by atoms with Gasteiger partial charge in [-0.2, -0.15) is 5.10 Å². The number of para-hydroxylation sites is 1. The number of hydrogen-bond acceptors (Lipinski definition) is 5. The number of aromatic nitrogens is 3. The van der Waals surface area contributed by atoms with Gasteiger partial charge in [0, 0.05) is 29.4 Å². The molecule has 0 aliphatic heterocycles. The number of nitrogens with two attached hydrogens (primary N) is 1. The Hall–Kier alpha value is -2.67. The number of fused-ring (bicyclic) bond motifs is 3. The van der Waals surface area contributed by atoms with Crippen LogP contribution in [-0.4, -0.2) is 25.8 Å². The zero-order valence-electron chi connectivity index (χ0n) is 14.4. The maximum Gasteiger partial charge on any atom is 0.152 e. The van der Waals surface area contributed by atoms with E-state index in [9.17, 15) is 0 Å². The number of nitrogens with one attached hydrogen (secondary N) is 2. The molecule has 0 atom stereocenters. The van der Waals surface area contributed by atoms with Crippen LogP contribution in [0, 0.1) is 5.41 Å². The van der Waals surface area contributed by atoms with E-state index in [1.807, 2.05) is 28.4 Å². The number of unbranched alkanes of at least 4 members (excludes halogenated alkanes) is 1. The molecule has 0 saturated carbocycles. The van der Waals surface area contributed by atoms with E-state index >= 15 is 0 Å². The minimum Gasteiger partial charge on any atom is -0.382 e. The van der Waals surface area contributed by atoms with Gasteiger partial charge in [0.15, 0.2) is 5.82 Å². The third kappa shape index (κ3) is 3.41. The van der Waals surface area contributed by atoms with Crippen LogP contribution < -0.4 is 11.2 Å². The van der Waals surface area contributed by atoms with E-state index in [4.69, 9.17) is 21.4 Å². The van der Waals surface area contributed by atoms with Gasteiger partial charge in [-0.3, -0.25) is 20.8 Å². The highest BCUT2D eigenvalue weighted by molar-refractivity contribution is 6.09. The van der Waals surface area contributed by atoms with Gasteiger partial charge in [0.2, 0.25) is 0 Å². The van der Waals surface area contributed by atoms with Gasteiger partial charge in [0.1, 0.15) is 11.4 Å². The topological polar surface area (TPSA) is 113 Å². The number of hydrogen-bond donors (Lipinski definition) is 4. The van der Waals surface area contributed by atoms with Gasteiger partial charge in [-0.15, -0.1) is 0 Å². The molecule has 132 valence electrons. The predicted molar refractivity (Wildman–Crippen MR) is 99.9 cm³/mol. The number of pyridine rings is 1. The Balaban J connectivity index is 2.01. The number of rotatable bonds is 7. The molecule has 0 saturated heterocycles. The molecular formula is C18H24N6O. The lowest BCUT2D eigenvalue weighted by Gasteiger charge is -2.08. The van der Waals surface area contributed by atoms with Crippen LogP contribution in [0.2, 0.25) is 0 Å². The molecule has 7 heteroatoms. The van der Waals surface area contributed by atoms with Crippen molar-refractivity contribution in [2.24, 2.45) is 0 Å². The average molecular weight is 340 g/mol. The van der Waals surface area contributed by atoms with E-state index in [-0.39, 0.29) is 5.84 Å². The molecule has 7 nitrogen and oxygen atoms in total. The summed E-state index contributed by atoms with van der Waals surface area (Å²) in [6.07, 6.45) is 4.10. The molecule has 0 bridgehead atoms. The van der Waals surface area contributed by atoms with Crippen LogP contribution >= 0.6 is 0 Å². The highest BCUT2D eigenvalue weighted by Crippen LogP contribution is 2.31. The predicted octanol–water partition coefficient (Wildman–Crippen LogP) is 3.25. The zero-order valence-corrected chi connectivity index (χ0v) is 14.4. The fourth-order valence-corrected chi connectivity index (χ4v) is 3.23. The summed E-state index contributed by atoms with van der Waals surface area (Å²) in [4.78, 5) is 4.49. The lowest BCUT2D eigenvalue weighted by Crippen LogP contribution is -2.17. The van der Waals surface area contributed by atoms with E-state index < -0.39 is 0 Å². The first-order valence-corrected chi connectivity index (χ1v) is 8.66. The molecule has 2 aromatic heterocycles. The summed E-state index contributed by atoms with van der Waals surface area (Å²) in [5.41, 5.74) is 10.9. The first-order chi connectivity index (χ1) is 12.2. The van der Waals surface area contributed by atoms with Crippen LogP contribution in [0.15, 0.2) is 24.3 Å². The van der Waals surface area contributed by atoms with Crippen molar-refractivity contribution < 1.29 is 5.21 Å². The third-order valence-corrected chi connectivity index (χ3v) is 4.38. The van der Waals surface area contributed by atoms with Gasteiger partial charge in [-0.1, -0.05) is 25.1 Å². The first kappa shape index (κ1) is 17.2. The smallest absolute Gasteiger partial charge is 0.152 e. The first-order valence-electron chi connectivity index (χ1n) is 8.66. The molecular weight excluding hydrogens is 316 g/mol. The SMILES string of the molecule is CCCn1nc2c(N)nc3ccccc3c2c1CCCCC(=N)NO. The molecule has 0 radical (unpaired) electrons. The molecule has 0 aliphatic carbocycles. The van der Waals surface area contributed by atoms with Crippen molar-refractivity contribution in [2.75, 3.05) is 5.73 Å². The van der Waals surface area contributed by atoms with Crippen molar-refractivity contribution in [3.63, 3.8) is 0 Å². The summed E-state index contributed by atoms with van der Waals surface area (Å²) >= 11 is 0. The van der Waals surface area contributed by atoms with E-state index in [1.54, 1.807) is 0 Å². The maximum absolute atomic E-state index is 8.71. The second-order valence-electron chi connectivity index (χ2n) is 6.21. The zero-order chi connectivity index (χ0) is 17.8. The quantitative estimate of drug-likeness (QED) is 0.228. The molecule has 0 spiro atoms. The Morgan fingerprint density at radius 3 is 2.88 bits per heavy atom. The molecule has 0 fully saturated rings. The van der Waals surface area contributed by atoms with Crippen LogP contribution in [0.5, 0.6) is 0 Å². The summed E-state index contributed by atoms with van der Waals surface area (Å²) in [6, 6.07) is 8.01. The largest absolute Gasteiger partial charge is 0.382 e. The fourth-order valence-electron chi connectivity index (χ4n) is 3.23. The lowest BCUT2D eigenvalue weighted by atomic mass is 10.0. The number of aryl methyl sites for hydroxylation is 2. The standard InChI is InChI=1S/C18H24N6O/c1-2-11-24-14(9-5-6-10-15(19)23-25)16-12-7-3-4-8-13(12)21-18(20)17(16)22-24/h3-4,7-8,25H,2,5-6,9-11H2,1H3,(H2,19,23)(H2,20,21). The van der Waals surface area contributed by atoms with Crippen molar-refractivity contribution in [3.05, 3.63) is 30.0 Å². The highest BCUT2D eigenvalue weighted by atomic mass is 16.5. The molecule has 3 rings (SSSR count). The summed E-state index contributed by atoms with van der Waals surface area (Å²) in [5, 5.41) is 23.1. The van der Waals surface area contributed by atoms with Crippen molar-refractivity contribution in [1.82, 2.24) is 20.2 Å². The molecule has 25 heavy (non-hydrogen) atoms. The van der Waals surface area contributed by atoms with Crippen LogP contribution in [0.25, 0.3) is 21.8 Å². The summed E-state index contributed by atoms with van der Waals surface area (Å²) in [6.45, 7) is 2.97.